The summed E-state index contributed by atoms with van der Waals surface area (Å²) in [5, 5.41) is 6.52. The summed E-state index contributed by atoms with van der Waals surface area (Å²) < 4.78 is 24.2. The van der Waals surface area contributed by atoms with Gasteiger partial charge in [0.05, 0.1) is 10.6 Å². The van der Waals surface area contributed by atoms with Gasteiger partial charge in [-0.3, -0.25) is 0 Å². The van der Waals surface area contributed by atoms with Crippen LogP contribution in [0.5, 0.6) is 0 Å². The van der Waals surface area contributed by atoms with Gasteiger partial charge in [0.15, 0.2) is 9.84 Å². The number of pyridine rings is 1. The molecular formula is C29H32N4O3S. The monoisotopic (exact) mass is 516 g/mol. The van der Waals surface area contributed by atoms with Crippen molar-refractivity contribution in [2.45, 2.75) is 36.6 Å². The number of aldehydes is 1. The largest absolute Gasteiger partial charge is 0.378 e. The van der Waals surface area contributed by atoms with Crippen LogP contribution in [0.2, 0.25) is 0 Å². The number of fused-ring (bicyclic) bond motifs is 1. The topological polar surface area (TPSA) is 91.4 Å². The first-order valence-electron chi connectivity index (χ1n) is 12.7. The lowest BCUT2D eigenvalue weighted by Crippen LogP contribution is -2.32. The van der Waals surface area contributed by atoms with Gasteiger partial charge >= 0.3 is 0 Å². The predicted octanol–water partition coefficient (Wildman–Crippen LogP) is 4.91. The summed E-state index contributed by atoms with van der Waals surface area (Å²) in [4.78, 5) is 19.5. The van der Waals surface area contributed by atoms with Crippen molar-refractivity contribution in [2.24, 2.45) is 0 Å². The molecule has 0 saturated carbocycles. The molecular weight excluding hydrogens is 484 g/mol. The minimum absolute atomic E-state index is 0.238. The van der Waals surface area contributed by atoms with Crippen molar-refractivity contribution in [3.63, 3.8) is 0 Å². The van der Waals surface area contributed by atoms with Gasteiger partial charge in [-0.1, -0.05) is 31.2 Å². The second-order valence-corrected chi connectivity index (χ2v) is 11.7. The fraction of sp³-hybridized carbons (Fsp3) is 0.310. The van der Waals surface area contributed by atoms with E-state index >= 15 is 0 Å². The molecule has 2 aliphatic heterocycles. The van der Waals surface area contributed by atoms with Gasteiger partial charge < -0.3 is 20.3 Å². The molecule has 1 aromatic heterocycles. The van der Waals surface area contributed by atoms with E-state index in [9.17, 15) is 13.2 Å². The molecule has 0 bridgehead atoms. The molecule has 8 heteroatoms. The van der Waals surface area contributed by atoms with E-state index in [2.05, 4.69) is 46.7 Å². The number of aromatic nitrogens is 1. The fourth-order valence-electron chi connectivity index (χ4n) is 5.16. The summed E-state index contributed by atoms with van der Waals surface area (Å²) in [6.45, 7) is 5.60. The highest BCUT2D eigenvalue weighted by Gasteiger charge is 2.24. The molecule has 3 aromatic rings. The number of rotatable bonds is 7. The highest BCUT2D eigenvalue weighted by molar-refractivity contribution is 7.90. The van der Waals surface area contributed by atoms with Crippen molar-refractivity contribution >= 4 is 33.7 Å². The molecule has 0 spiro atoms. The van der Waals surface area contributed by atoms with Crippen molar-refractivity contribution in [2.75, 3.05) is 31.2 Å². The minimum atomic E-state index is -3.36. The van der Waals surface area contributed by atoms with Gasteiger partial charge in [-0.05, 0) is 92.1 Å². The average molecular weight is 517 g/mol. The lowest BCUT2D eigenvalue weighted by atomic mass is 9.89. The number of benzene rings is 2. The second kappa shape index (κ2) is 10.5. The first-order valence-corrected chi connectivity index (χ1v) is 14.6. The number of carbonyl (C=O) groups excluding carboxylic acids is 1. The van der Waals surface area contributed by atoms with Crippen molar-refractivity contribution < 1.29 is 13.2 Å². The maximum atomic E-state index is 12.1. The maximum Gasteiger partial charge on any atom is 0.175 e. The lowest BCUT2D eigenvalue weighted by molar-refractivity contribution is -0.109. The lowest BCUT2D eigenvalue weighted by Gasteiger charge is -2.31. The van der Waals surface area contributed by atoms with Crippen LogP contribution in [0.25, 0.3) is 17.3 Å². The highest BCUT2D eigenvalue weighted by atomic mass is 32.2. The number of hydrogen-bond acceptors (Lipinski definition) is 7. The molecule has 0 aliphatic carbocycles. The highest BCUT2D eigenvalue weighted by Crippen LogP contribution is 2.35. The first-order chi connectivity index (χ1) is 17.9. The zero-order valence-electron chi connectivity index (χ0n) is 21.1. The van der Waals surface area contributed by atoms with Gasteiger partial charge in [0, 0.05) is 23.1 Å². The van der Waals surface area contributed by atoms with Crippen LogP contribution in [0, 0.1) is 0 Å². The Balaban J connectivity index is 1.48. The zero-order valence-corrected chi connectivity index (χ0v) is 22.0. The quantitative estimate of drug-likeness (QED) is 0.431. The van der Waals surface area contributed by atoms with E-state index in [1.54, 1.807) is 24.4 Å². The van der Waals surface area contributed by atoms with Crippen LogP contribution in [-0.2, 0) is 14.6 Å². The summed E-state index contributed by atoms with van der Waals surface area (Å²) in [5.74, 6) is 1.14. The molecule has 2 N–H and O–H groups in total. The summed E-state index contributed by atoms with van der Waals surface area (Å²) in [6, 6.07) is 16.6. The number of likely N-dealkylation sites (tertiary alicyclic amines) is 1. The number of sulfone groups is 1. The Morgan fingerprint density at radius 2 is 1.86 bits per heavy atom. The van der Waals surface area contributed by atoms with Crippen molar-refractivity contribution in [3.8, 4) is 11.3 Å². The van der Waals surface area contributed by atoms with Gasteiger partial charge in [0.2, 0.25) is 0 Å². The van der Waals surface area contributed by atoms with Crippen LogP contribution < -0.4 is 10.6 Å². The molecule has 0 amide bonds. The third kappa shape index (κ3) is 5.45. The molecule has 5 rings (SSSR count). The molecule has 1 atom stereocenters. The van der Waals surface area contributed by atoms with Gasteiger partial charge in [0.25, 0.3) is 0 Å². The van der Waals surface area contributed by atoms with Gasteiger partial charge in [-0.15, -0.1) is 0 Å². The smallest absolute Gasteiger partial charge is 0.175 e. The van der Waals surface area contributed by atoms with Crippen molar-refractivity contribution in [1.82, 2.24) is 15.2 Å². The van der Waals surface area contributed by atoms with E-state index in [0.717, 1.165) is 42.7 Å². The number of nitrogens with one attached hydrogen (secondary N) is 2. The van der Waals surface area contributed by atoms with Gasteiger partial charge in [-0.2, -0.15) is 0 Å². The molecule has 2 aromatic carbocycles. The van der Waals surface area contributed by atoms with Crippen LogP contribution in [0.1, 0.15) is 48.4 Å². The molecule has 37 heavy (non-hydrogen) atoms. The van der Waals surface area contributed by atoms with Crippen molar-refractivity contribution in [3.05, 3.63) is 77.5 Å². The van der Waals surface area contributed by atoms with E-state index in [1.807, 2.05) is 18.2 Å². The van der Waals surface area contributed by atoms with Gasteiger partial charge in [-0.25, -0.2) is 13.4 Å². The minimum Gasteiger partial charge on any atom is -0.378 e. The standard InChI is InChI=1S/C29H32N4O3S/c1-3-33-15-12-21(13-16-33)20-7-9-24(10-8-20)31-29-28-23(11-14-30-27(28)19-34)18-26(32-29)22-5-4-6-25(17-22)37(2,35)36/h4-11,14,17-19,21,27,30H,3,12-13,15-16H2,1-2H3,(H,31,32). The third-order valence-electron chi connectivity index (χ3n) is 7.31. The normalized spacial score (nSPS) is 18.2. The van der Waals surface area contributed by atoms with Crippen LogP contribution in [-0.4, -0.2) is 50.5 Å². The molecule has 1 saturated heterocycles. The summed E-state index contributed by atoms with van der Waals surface area (Å²) in [7, 11) is -3.36. The number of carbonyl (C=O) groups is 1. The first kappa shape index (κ1) is 25.2. The molecule has 2 aliphatic rings. The SMILES string of the molecule is CCN1CCC(c2ccc(Nc3nc(-c4cccc(S(C)(=O)=O)c4)cc4c3C(C=O)NC=C4)cc2)CC1. The van der Waals surface area contributed by atoms with E-state index in [0.29, 0.717) is 23.0 Å². The van der Waals surface area contributed by atoms with E-state index in [4.69, 9.17) is 4.98 Å². The molecule has 3 heterocycles. The zero-order chi connectivity index (χ0) is 26.0. The van der Waals surface area contributed by atoms with Crippen LogP contribution in [0.4, 0.5) is 11.5 Å². The maximum absolute atomic E-state index is 12.1. The Morgan fingerprint density at radius 3 is 2.54 bits per heavy atom. The summed E-state index contributed by atoms with van der Waals surface area (Å²) in [5.41, 5.74) is 5.16. The Bertz CT molecular complexity index is 1430. The van der Waals surface area contributed by atoms with E-state index in [1.165, 1.54) is 24.7 Å². The predicted molar refractivity (Wildman–Crippen MR) is 148 cm³/mol. The fourth-order valence-corrected chi connectivity index (χ4v) is 5.83. The van der Waals surface area contributed by atoms with Crippen LogP contribution in [0.15, 0.2) is 65.7 Å². The number of nitrogens with zero attached hydrogens (tertiary/aromatic N) is 2. The summed E-state index contributed by atoms with van der Waals surface area (Å²) >= 11 is 0. The Hall–Kier alpha value is -3.49. The molecule has 1 fully saturated rings. The Morgan fingerprint density at radius 1 is 1.11 bits per heavy atom. The number of piperidine rings is 1. The third-order valence-corrected chi connectivity index (χ3v) is 8.42. The van der Waals surface area contributed by atoms with E-state index < -0.39 is 15.9 Å². The molecule has 0 radical (unpaired) electrons. The molecule has 7 nitrogen and oxygen atoms in total. The Kier molecular flexibility index (Phi) is 7.13. The number of anilines is 2. The summed E-state index contributed by atoms with van der Waals surface area (Å²) in [6.07, 6.45) is 8.05. The molecule has 192 valence electrons. The second-order valence-electron chi connectivity index (χ2n) is 9.73. The van der Waals surface area contributed by atoms with E-state index in [-0.39, 0.29) is 4.90 Å². The van der Waals surface area contributed by atoms with Crippen LogP contribution in [0.3, 0.4) is 0 Å². The Labute approximate surface area is 218 Å². The number of hydrogen-bond donors (Lipinski definition) is 2. The average Bonchev–Trinajstić information content (AvgIpc) is 2.92. The molecule has 1 unspecified atom stereocenters. The van der Waals surface area contributed by atoms with Gasteiger partial charge in [0.1, 0.15) is 18.1 Å². The van der Waals surface area contributed by atoms with Crippen molar-refractivity contribution in [1.29, 1.82) is 0 Å². The van der Waals surface area contributed by atoms with Crippen LogP contribution >= 0.6 is 0 Å².